The molecule has 6 nitrogen and oxygen atoms in total. The zero-order valence-corrected chi connectivity index (χ0v) is 22.4. The summed E-state index contributed by atoms with van der Waals surface area (Å²) in [6.07, 6.45) is 8.16. The Morgan fingerprint density at radius 3 is 2.22 bits per heavy atom. The highest BCUT2D eigenvalue weighted by Gasteiger charge is 2.35. The molecule has 194 valence electrons. The Morgan fingerprint density at radius 1 is 0.972 bits per heavy atom. The van der Waals surface area contributed by atoms with Crippen molar-refractivity contribution < 1.29 is 4.39 Å². The van der Waals surface area contributed by atoms with E-state index in [1.807, 2.05) is 12.1 Å². The number of aromatic nitrogens is 2. The first-order chi connectivity index (χ1) is 17.4. The Bertz CT molecular complexity index is 1040. The van der Waals surface area contributed by atoms with Gasteiger partial charge in [0.15, 0.2) is 5.11 Å². The molecule has 0 spiro atoms. The molecule has 0 radical (unpaired) electrons. The van der Waals surface area contributed by atoms with Crippen molar-refractivity contribution in [3.8, 4) is 0 Å². The maximum absolute atomic E-state index is 13.5. The lowest BCUT2D eigenvalue weighted by Crippen LogP contribution is -2.41. The summed E-state index contributed by atoms with van der Waals surface area (Å²) in [7, 11) is 0. The fourth-order valence-electron chi connectivity index (χ4n) is 6.42. The summed E-state index contributed by atoms with van der Waals surface area (Å²) in [5.74, 6) is 3.61. The summed E-state index contributed by atoms with van der Waals surface area (Å²) in [6.45, 7) is 9.46. The number of hydrogen-bond donors (Lipinski definition) is 2. The van der Waals surface area contributed by atoms with Crippen LogP contribution in [-0.2, 0) is 5.41 Å². The SMILES string of the molecule is C[C@@H]1C[C@@H](C)CN(c2cc(N3CCCC3)nc(NC(=S)NCC3(c4ccc(F)cc4)CCCC3)n2)C1. The molecule has 3 heterocycles. The molecule has 2 aliphatic heterocycles. The Morgan fingerprint density at radius 2 is 1.58 bits per heavy atom. The van der Waals surface area contributed by atoms with Gasteiger partial charge in [0.25, 0.3) is 0 Å². The van der Waals surface area contributed by atoms with Crippen LogP contribution >= 0.6 is 12.2 Å². The standard InChI is InChI=1S/C28H39FN6S/c1-20-15-21(2)18-35(17-20)25-16-24(34-13-5-6-14-34)31-26(32-25)33-27(36)30-19-28(11-3-4-12-28)22-7-9-23(29)10-8-22/h7-10,16,20-21H,3-6,11-15,17-19H2,1-2H3,(H2,30,31,32,33,36)/t20-,21-/m1/s1. The lowest BCUT2D eigenvalue weighted by molar-refractivity contribution is 0.355. The van der Waals surface area contributed by atoms with Gasteiger partial charge in [-0.3, -0.25) is 0 Å². The molecule has 2 N–H and O–H groups in total. The third-order valence-corrected chi connectivity index (χ3v) is 8.40. The van der Waals surface area contributed by atoms with Crippen LogP contribution in [0.5, 0.6) is 0 Å². The molecule has 0 unspecified atom stereocenters. The van der Waals surface area contributed by atoms with Crippen LogP contribution in [-0.4, -0.2) is 47.8 Å². The van der Waals surface area contributed by atoms with E-state index in [9.17, 15) is 4.39 Å². The van der Waals surface area contributed by atoms with Crippen molar-refractivity contribution in [2.45, 2.75) is 64.2 Å². The fourth-order valence-corrected chi connectivity index (χ4v) is 6.58. The first kappa shape index (κ1) is 25.2. The van der Waals surface area contributed by atoms with Crippen molar-refractivity contribution >= 4 is 34.9 Å². The number of halogens is 1. The molecule has 2 aromatic rings. The van der Waals surface area contributed by atoms with Gasteiger partial charge in [-0.2, -0.15) is 9.97 Å². The predicted molar refractivity (Wildman–Crippen MR) is 149 cm³/mol. The largest absolute Gasteiger partial charge is 0.361 e. The second-order valence-electron chi connectivity index (χ2n) is 11.3. The van der Waals surface area contributed by atoms with Crippen LogP contribution in [0.2, 0.25) is 0 Å². The number of benzene rings is 1. The van der Waals surface area contributed by atoms with Crippen molar-refractivity contribution in [2.24, 2.45) is 11.8 Å². The lowest BCUT2D eigenvalue weighted by Gasteiger charge is -2.36. The minimum Gasteiger partial charge on any atom is -0.361 e. The highest BCUT2D eigenvalue weighted by atomic mass is 32.1. The molecule has 2 atom stereocenters. The van der Waals surface area contributed by atoms with Gasteiger partial charge in [0, 0.05) is 44.2 Å². The van der Waals surface area contributed by atoms with E-state index in [2.05, 4.69) is 40.3 Å². The maximum Gasteiger partial charge on any atom is 0.232 e. The molecule has 3 fully saturated rings. The topological polar surface area (TPSA) is 56.3 Å². The Balaban J connectivity index is 1.32. The van der Waals surface area contributed by atoms with Gasteiger partial charge in [-0.25, -0.2) is 4.39 Å². The number of thiocarbonyl (C=S) groups is 1. The number of rotatable bonds is 6. The quantitative estimate of drug-likeness (QED) is 0.498. The Kier molecular flexibility index (Phi) is 7.60. The van der Waals surface area contributed by atoms with Crippen LogP contribution in [0.15, 0.2) is 30.3 Å². The molecule has 1 aromatic heterocycles. The molecule has 2 saturated heterocycles. The molecule has 8 heteroatoms. The Labute approximate surface area is 220 Å². The smallest absolute Gasteiger partial charge is 0.232 e. The molecular weight excluding hydrogens is 471 g/mol. The summed E-state index contributed by atoms with van der Waals surface area (Å²) >= 11 is 5.72. The molecular formula is C28H39FN6S. The summed E-state index contributed by atoms with van der Waals surface area (Å²) < 4.78 is 13.5. The molecule has 5 rings (SSSR count). The van der Waals surface area contributed by atoms with Crippen molar-refractivity contribution in [1.29, 1.82) is 0 Å². The monoisotopic (exact) mass is 510 g/mol. The van der Waals surface area contributed by atoms with Crippen LogP contribution in [0, 0.1) is 17.7 Å². The molecule has 0 bridgehead atoms. The van der Waals surface area contributed by atoms with Gasteiger partial charge < -0.3 is 20.4 Å². The first-order valence-corrected chi connectivity index (χ1v) is 14.0. The summed E-state index contributed by atoms with van der Waals surface area (Å²) in [6, 6.07) is 9.13. The van der Waals surface area contributed by atoms with E-state index in [4.69, 9.17) is 22.2 Å². The minimum atomic E-state index is -0.194. The van der Waals surface area contributed by atoms with E-state index in [1.54, 1.807) is 12.1 Å². The Hall–Kier alpha value is -2.48. The average Bonchev–Trinajstić information content (AvgIpc) is 3.56. The minimum absolute atomic E-state index is 0.0249. The molecule has 1 aromatic carbocycles. The van der Waals surface area contributed by atoms with Gasteiger partial charge in [-0.05, 0) is 73.9 Å². The molecule has 0 amide bonds. The summed E-state index contributed by atoms with van der Waals surface area (Å²) in [4.78, 5) is 14.5. The lowest BCUT2D eigenvalue weighted by atomic mass is 9.79. The van der Waals surface area contributed by atoms with Gasteiger partial charge >= 0.3 is 0 Å². The molecule has 3 aliphatic rings. The van der Waals surface area contributed by atoms with Crippen LogP contribution in [0.1, 0.15) is 64.4 Å². The van der Waals surface area contributed by atoms with E-state index in [-0.39, 0.29) is 11.2 Å². The highest BCUT2D eigenvalue weighted by Crippen LogP contribution is 2.40. The van der Waals surface area contributed by atoms with Crippen molar-refractivity contribution in [1.82, 2.24) is 15.3 Å². The van der Waals surface area contributed by atoms with Crippen LogP contribution in [0.4, 0.5) is 22.0 Å². The van der Waals surface area contributed by atoms with Crippen molar-refractivity contribution in [2.75, 3.05) is 47.8 Å². The number of piperidine rings is 1. The van der Waals surface area contributed by atoms with Gasteiger partial charge in [0.05, 0.1) is 0 Å². The summed E-state index contributed by atoms with van der Waals surface area (Å²) in [5, 5.41) is 7.28. The predicted octanol–water partition coefficient (Wildman–Crippen LogP) is 5.50. The normalized spacial score (nSPS) is 23.6. The zero-order valence-electron chi connectivity index (χ0n) is 21.6. The van der Waals surface area contributed by atoms with E-state index < -0.39 is 0 Å². The van der Waals surface area contributed by atoms with E-state index in [0.717, 1.165) is 50.7 Å². The van der Waals surface area contributed by atoms with Gasteiger partial charge in [-0.1, -0.05) is 38.8 Å². The van der Waals surface area contributed by atoms with Crippen LogP contribution in [0.3, 0.4) is 0 Å². The van der Waals surface area contributed by atoms with Gasteiger partial charge in [0.1, 0.15) is 17.5 Å². The van der Waals surface area contributed by atoms with E-state index >= 15 is 0 Å². The maximum atomic E-state index is 13.5. The molecule has 1 aliphatic carbocycles. The number of nitrogens with one attached hydrogen (secondary N) is 2. The van der Waals surface area contributed by atoms with Crippen molar-refractivity contribution in [3.05, 3.63) is 41.7 Å². The first-order valence-electron chi connectivity index (χ1n) is 13.6. The number of anilines is 3. The number of hydrogen-bond acceptors (Lipinski definition) is 5. The fraction of sp³-hybridized carbons (Fsp3) is 0.607. The van der Waals surface area contributed by atoms with Gasteiger partial charge in [-0.15, -0.1) is 0 Å². The zero-order chi connectivity index (χ0) is 25.1. The second kappa shape index (κ2) is 10.9. The van der Waals surface area contributed by atoms with Gasteiger partial charge in [0.2, 0.25) is 5.95 Å². The van der Waals surface area contributed by atoms with Crippen LogP contribution < -0.4 is 20.4 Å². The third kappa shape index (κ3) is 5.74. The molecule has 1 saturated carbocycles. The highest BCUT2D eigenvalue weighted by molar-refractivity contribution is 7.80. The van der Waals surface area contributed by atoms with Crippen molar-refractivity contribution in [3.63, 3.8) is 0 Å². The molecule has 36 heavy (non-hydrogen) atoms. The second-order valence-corrected chi connectivity index (χ2v) is 11.7. The summed E-state index contributed by atoms with van der Waals surface area (Å²) in [5.41, 5.74) is 1.16. The number of nitrogens with zero attached hydrogens (tertiary/aromatic N) is 4. The van der Waals surface area contributed by atoms with E-state index in [0.29, 0.717) is 29.4 Å². The van der Waals surface area contributed by atoms with Crippen LogP contribution in [0.25, 0.3) is 0 Å². The third-order valence-electron chi connectivity index (χ3n) is 8.15. The average molecular weight is 511 g/mol. The van der Waals surface area contributed by atoms with E-state index in [1.165, 1.54) is 37.7 Å².